The first-order valence-electron chi connectivity index (χ1n) is 12.7. The first kappa shape index (κ1) is 24.7. The van der Waals surface area contributed by atoms with Gasteiger partial charge in [-0.15, -0.1) is 0 Å². The standard InChI is InChI=1S/C33H33NO3/c1-24-9-18-32-31(21-24)25(2)33(34(32)22-26-10-14-29(15-11-26)36-20-19-35-3)28-12-16-30(17-13-28)37-23-27-7-5-4-6-8-27/h4-18,21H,19-20,22-23H2,1-3H3. The molecule has 0 atom stereocenters. The fraction of sp³-hybridized carbons (Fsp3) is 0.212. The molecule has 4 nitrogen and oxygen atoms in total. The summed E-state index contributed by atoms with van der Waals surface area (Å²) in [5.74, 6) is 1.73. The topological polar surface area (TPSA) is 32.6 Å². The van der Waals surface area contributed by atoms with Crippen molar-refractivity contribution >= 4 is 10.9 Å². The number of aromatic nitrogens is 1. The monoisotopic (exact) mass is 491 g/mol. The summed E-state index contributed by atoms with van der Waals surface area (Å²) in [6, 6.07) is 33.8. The molecule has 0 saturated carbocycles. The molecule has 0 aliphatic rings. The summed E-state index contributed by atoms with van der Waals surface area (Å²) in [5, 5.41) is 1.29. The largest absolute Gasteiger partial charge is 0.491 e. The van der Waals surface area contributed by atoms with E-state index in [1.54, 1.807) is 7.11 Å². The van der Waals surface area contributed by atoms with E-state index in [0.717, 1.165) is 23.6 Å². The molecular weight excluding hydrogens is 458 g/mol. The molecule has 0 fully saturated rings. The van der Waals surface area contributed by atoms with Gasteiger partial charge in [0, 0.05) is 24.6 Å². The van der Waals surface area contributed by atoms with Crippen molar-refractivity contribution in [2.24, 2.45) is 0 Å². The zero-order valence-electron chi connectivity index (χ0n) is 21.7. The third-order valence-electron chi connectivity index (χ3n) is 6.67. The van der Waals surface area contributed by atoms with Crippen LogP contribution in [0.25, 0.3) is 22.2 Å². The van der Waals surface area contributed by atoms with Gasteiger partial charge in [0.05, 0.1) is 12.3 Å². The quantitative estimate of drug-likeness (QED) is 0.189. The summed E-state index contributed by atoms with van der Waals surface area (Å²) < 4.78 is 19.3. The second kappa shape index (κ2) is 11.4. The van der Waals surface area contributed by atoms with Gasteiger partial charge < -0.3 is 18.8 Å². The second-order valence-electron chi connectivity index (χ2n) is 9.36. The molecule has 0 unspecified atom stereocenters. The Morgan fingerprint density at radius 2 is 1.38 bits per heavy atom. The highest BCUT2D eigenvalue weighted by Gasteiger charge is 2.16. The molecule has 0 radical (unpaired) electrons. The molecule has 0 saturated heterocycles. The molecule has 188 valence electrons. The van der Waals surface area contributed by atoms with Crippen molar-refractivity contribution in [1.82, 2.24) is 4.57 Å². The number of methoxy groups -OCH3 is 1. The van der Waals surface area contributed by atoms with Crippen LogP contribution < -0.4 is 9.47 Å². The maximum Gasteiger partial charge on any atom is 0.119 e. The molecule has 5 aromatic rings. The number of fused-ring (bicyclic) bond motifs is 1. The summed E-state index contributed by atoms with van der Waals surface area (Å²) in [5.41, 5.74) is 8.59. The predicted molar refractivity (Wildman–Crippen MR) is 151 cm³/mol. The summed E-state index contributed by atoms with van der Waals surface area (Å²) in [6.45, 7) is 6.83. The van der Waals surface area contributed by atoms with E-state index >= 15 is 0 Å². The number of ether oxygens (including phenoxy) is 3. The first-order valence-corrected chi connectivity index (χ1v) is 12.7. The molecule has 4 aromatic carbocycles. The van der Waals surface area contributed by atoms with Crippen molar-refractivity contribution in [2.75, 3.05) is 20.3 Å². The fourth-order valence-electron chi connectivity index (χ4n) is 4.74. The van der Waals surface area contributed by atoms with Gasteiger partial charge >= 0.3 is 0 Å². The SMILES string of the molecule is COCCOc1ccc(Cn2c(-c3ccc(OCc4ccccc4)cc3)c(C)c3cc(C)ccc32)cc1. The van der Waals surface area contributed by atoms with Crippen molar-refractivity contribution < 1.29 is 14.2 Å². The smallest absolute Gasteiger partial charge is 0.119 e. The number of aryl methyl sites for hydroxylation is 2. The van der Waals surface area contributed by atoms with E-state index in [1.807, 2.05) is 30.3 Å². The van der Waals surface area contributed by atoms with E-state index in [9.17, 15) is 0 Å². The Balaban J connectivity index is 1.43. The minimum Gasteiger partial charge on any atom is -0.491 e. The minimum atomic E-state index is 0.547. The van der Waals surface area contributed by atoms with Gasteiger partial charge in [0.1, 0.15) is 24.7 Å². The van der Waals surface area contributed by atoms with Crippen LogP contribution in [0.3, 0.4) is 0 Å². The molecule has 0 spiro atoms. The lowest BCUT2D eigenvalue weighted by Crippen LogP contribution is -2.05. The minimum absolute atomic E-state index is 0.547. The van der Waals surface area contributed by atoms with E-state index in [-0.39, 0.29) is 0 Å². The average Bonchev–Trinajstić information content (AvgIpc) is 3.19. The average molecular weight is 492 g/mol. The molecule has 0 amide bonds. The maximum atomic E-state index is 6.03. The first-order chi connectivity index (χ1) is 18.1. The lowest BCUT2D eigenvalue weighted by molar-refractivity contribution is 0.146. The third kappa shape index (κ3) is 5.71. The van der Waals surface area contributed by atoms with E-state index in [2.05, 4.69) is 85.1 Å². The Bertz CT molecular complexity index is 1450. The van der Waals surface area contributed by atoms with Gasteiger partial charge in [-0.25, -0.2) is 0 Å². The van der Waals surface area contributed by atoms with Crippen LogP contribution >= 0.6 is 0 Å². The molecule has 0 aliphatic carbocycles. The highest BCUT2D eigenvalue weighted by molar-refractivity contribution is 5.92. The van der Waals surface area contributed by atoms with Gasteiger partial charge in [-0.3, -0.25) is 0 Å². The molecular formula is C33H33NO3. The van der Waals surface area contributed by atoms with Crippen molar-refractivity contribution in [1.29, 1.82) is 0 Å². The lowest BCUT2D eigenvalue weighted by Gasteiger charge is -2.14. The van der Waals surface area contributed by atoms with Gasteiger partial charge in [0.25, 0.3) is 0 Å². The van der Waals surface area contributed by atoms with Crippen LogP contribution in [0.5, 0.6) is 11.5 Å². The highest BCUT2D eigenvalue weighted by atomic mass is 16.5. The van der Waals surface area contributed by atoms with E-state index < -0.39 is 0 Å². The highest BCUT2D eigenvalue weighted by Crippen LogP contribution is 2.35. The van der Waals surface area contributed by atoms with E-state index in [1.165, 1.54) is 38.9 Å². The van der Waals surface area contributed by atoms with Crippen LogP contribution in [-0.4, -0.2) is 24.9 Å². The van der Waals surface area contributed by atoms with Gasteiger partial charge in [-0.1, -0.05) is 54.1 Å². The second-order valence-corrected chi connectivity index (χ2v) is 9.36. The number of benzene rings is 4. The number of hydrogen-bond donors (Lipinski definition) is 0. The summed E-state index contributed by atoms with van der Waals surface area (Å²) in [6.07, 6.45) is 0. The molecule has 0 N–H and O–H groups in total. The zero-order chi connectivity index (χ0) is 25.6. The molecule has 5 rings (SSSR count). The van der Waals surface area contributed by atoms with Gasteiger partial charge in [0.2, 0.25) is 0 Å². The Morgan fingerprint density at radius 3 is 2.11 bits per heavy atom. The normalized spacial score (nSPS) is 11.1. The van der Waals surface area contributed by atoms with Crippen molar-refractivity contribution in [3.8, 4) is 22.8 Å². The predicted octanol–water partition coefficient (Wildman–Crippen LogP) is 7.58. The van der Waals surface area contributed by atoms with Crippen LogP contribution in [-0.2, 0) is 17.9 Å². The van der Waals surface area contributed by atoms with Crippen LogP contribution in [0.1, 0.15) is 22.3 Å². The fourth-order valence-corrected chi connectivity index (χ4v) is 4.74. The summed E-state index contributed by atoms with van der Waals surface area (Å²) >= 11 is 0. The molecule has 0 bridgehead atoms. The lowest BCUT2D eigenvalue weighted by atomic mass is 10.1. The Hall–Kier alpha value is -4.02. The summed E-state index contributed by atoms with van der Waals surface area (Å²) in [7, 11) is 1.68. The third-order valence-corrected chi connectivity index (χ3v) is 6.67. The van der Waals surface area contributed by atoms with Gasteiger partial charge in [-0.05, 0) is 84.6 Å². The number of rotatable bonds is 10. The zero-order valence-corrected chi connectivity index (χ0v) is 21.7. The van der Waals surface area contributed by atoms with E-state index in [0.29, 0.717) is 19.8 Å². The number of nitrogens with zero attached hydrogens (tertiary/aromatic N) is 1. The molecule has 4 heteroatoms. The van der Waals surface area contributed by atoms with Gasteiger partial charge in [-0.2, -0.15) is 0 Å². The van der Waals surface area contributed by atoms with Crippen LogP contribution in [0.15, 0.2) is 97.1 Å². The van der Waals surface area contributed by atoms with Crippen LogP contribution in [0.2, 0.25) is 0 Å². The maximum absolute atomic E-state index is 6.03. The van der Waals surface area contributed by atoms with Crippen LogP contribution in [0, 0.1) is 13.8 Å². The molecule has 0 aliphatic heterocycles. The van der Waals surface area contributed by atoms with Crippen molar-refractivity contribution in [2.45, 2.75) is 27.0 Å². The number of hydrogen-bond acceptors (Lipinski definition) is 3. The van der Waals surface area contributed by atoms with Crippen molar-refractivity contribution in [3.05, 3.63) is 119 Å². The van der Waals surface area contributed by atoms with Gasteiger partial charge in [0.15, 0.2) is 0 Å². The Kier molecular flexibility index (Phi) is 7.57. The molecule has 1 aromatic heterocycles. The Labute approximate surface area is 219 Å². The van der Waals surface area contributed by atoms with Crippen LogP contribution in [0.4, 0.5) is 0 Å². The summed E-state index contributed by atoms with van der Waals surface area (Å²) in [4.78, 5) is 0. The van der Waals surface area contributed by atoms with E-state index in [4.69, 9.17) is 14.2 Å². The molecule has 37 heavy (non-hydrogen) atoms. The molecule has 1 heterocycles. The van der Waals surface area contributed by atoms with Crippen molar-refractivity contribution in [3.63, 3.8) is 0 Å². The Morgan fingerprint density at radius 1 is 0.676 bits per heavy atom.